The van der Waals surface area contributed by atoms with Gasteiger partial charge >= 0.3 is 0 Å². The zero-order valence-electron chi connectivity index (χ0n) is 10.9. The monoisotopic (exact) mass is 267 g/mol. The SMILES string of the molecule is CCC(N)C(OC1CCCC1)c1ccccc1Cl. The lowest BCUT2D eigenvalue weighted by molar-refractivity contribution is -0.0236. The molecule has 2 N–H and O–H groups in total. The Morgan fingerprint density at radius 3 is 2.61 bits per heavy atom. The van der Waals surface area contributed by atoms with Gasteiger partial charge in [0.2, 0.25) is 0 Å². The fraction of sp³-hybridized carbons (Fsp3) is 0.600. The summed E-state index contributed by atoms with van der Waals surface area (Å²) in [7, 11) is 0. The van der Waals surface area contributed by atoms with Crippen LogP contribution < -0.4 is 5.73 Å². The van der Waals surface area contributed by atoms with Gasteiger partial charge in [0, 0.05) is 16.6 Å². The van der Waals surface area contributed by atoms with Gasteiger partial charge < -0.3 is 10.5 Å². The summed E-state index contributed by atoms with van der Waals surface area (Å²) >= 11 is 6.27. The van der Waals surface area contributed by atoms with E-state index in [-0.39, 0.29) is 12.1 Å². The summed E-state index contributed by atoms with van der Waals surface area (Å²) < 4.78 is 6.22. The third kappa shape index (κ3) is 3.25. The normalized spacial score (nSPS) is 19.9. The zero-order chi connectivity index (χ0) is 13.0. The molecule has 0 radical (unpaired) electrons. The zero-order valence-corrected chi connectivity index (χ0v) is 11.7. The highest BCUT2D eigenvalue weighted by Gasteiger charge is 2.26. The topological polar surface area (TPSA) is 35.2 Å². The van der Waals surface area contributed by atoms with Crippen LogP contribution in [0.15, 0.2) is 24.3 Å². The molecular weight excluding hydrogens is 246 g/mol. The van der Waals surface area contributed by atoms with Crippen LogP contribution in [0.3, 0.4) is 0 Å². The molecule has 0 spiro atoms. The molecule has 100 valence electrons. The Bertz CT molecular complexity index is 377. The minimum Gasteiger partial charge on any atom is -0.369 e. The maximum Gasteiger partial charge on any atom is 0.0993 e. The van der Waals surface area contributed by atoms with Gasteiger partial charge in [0.05, 0.1) is 12.2 Å². The third-order valence-corrected chi connectivity index (χ3v) is 4.06. The Labute approximate surface area is 114 Å². The lowest BCUT2D eigenvalue weighted by Crippen LogP contribution is -2.32. The molecule has 1 aromatic rings. The fourth-order valence-corrected chi connectivity index (χ4v) is 2.80. The van der Waals surface area contributed by atoms with Crippen molar-refractivity contribution in [3.8, 4) is 0 Å². The van der Waals surface area contributed by atoms with Crippen LogP contribution in [0.25, 0.3) is 0 Å². The van der Waals surface area contributed by atoms with Crippen LogP contribution in [0.1, 0.15) is 50.7 Å². The average Bonchev–Trinajstić information content (AvgIpc) is 2.89. The van der Waals surface area contributed by atoms with Crippen molar-refractivity contribution in [1.29, 1.82) is 0 Å². The minimum atomic E-state index is -0.0770. The lowest BCUT2D eigenvalue weighted by Gasteiger charge is -2.27. The molecule has 2 nitrogen and oxygen atoms in total. The summed E-state index contributed by atoms with van der Waals surface area (Å²) in [6.45, 7) is 2.09. The Hall–Kier alpha value is -0.570. The summed E-state index contributed by atoms with van der Waals surface area (Å²) in [6.07, 6.45) is 6.00. The van der Waals surface area contributed by atoms with Crippen LogP contribution in [-0.4, -0.2) is 12.1 Å². The molecule has 0 amide bonds. The summed E-state index contributed by atoms with van der Waals surface area (Å²) in [5.74, 6) is 0. The summed E-state index contributed by atoms with van der Waals surface area (Å²) in [6, 6.07) is 7.87. The fourth-order valence-electron chi connectivity index (χ4n) is 2.56. The molecule has 1 aromatic carbocycles. The van der Waals surface area contributed by atoms with E-state index in [1.54, 1.807) is 0 Å². The van der Waals surface area contributed by atoms with E-state index >= 15 is 0 Å². The molecule has 18 heavy (non-hydrogen) atoms. The standard InChI is InChI=1S/C15H22ClNO/c1-2-14(17)15(18-11-7-3-4-8-11)12-9-5-6-10-13(12)16/h5-6,9-11,14-15H,2-4,7-8,17H2,1H3. The maximum atomic E-state index is 6.27. The largest absolute Gasteiger partial charge is 0.369 e. The van der Waals surface area contributed by atoms with Gasteiger partial charge in [-0.25, -0.2) is 0 Å². The number of rotatable bonds is 5. The molecule has 2 rings (SSSR count). The van der Waals surface area contributed by atoms with Crippen LogP contribution in [0.2, 0.25) is 5.02 Å². The van der Waals surface area contributed by atoms with Gasteiger partial charge in [-0.3, -0.25) is 0 Å². The van der Waals surface area contributed by atoms with Crippen molar-refractivity contribution in [1.82, 2.24) is 0 Å². The number of hydrogen-bond donors (Lipinski definition) is 1. The molecule has 1 aliphatic rings. The van der Waals surface area contributed by atoms with Crippen LogP contribution in [0.5, 0.6) is 0 Å². The van der Waals surface area contributed by atoms with E-state index in [0.717, 1.165) is 29.8 Å². The van der Waals surface area contributed by atoms with Crippen molar-refractivity contribution in [2.75, 3.05) is 0 Å². The molecule has 2 atom stereocenters. The predicted molar refractivity (Wildman–Crippen MR) is 75.8 cm³/mol. The van der Waals surface area contributed by atoms with Crippen molar-refractivity contribution in [2.45, 2.75) is 57.3 Å². The predicted octanol–water partition coefficient (Wildman–Crippen LogP) is 4.08. The van der Waals surface area contributed by atoms with Crippen molar-refractivity contribution in [3.63, 3.8) is 0 Å². The minimum absolute atomic E-state index is 0.00509. The van der Waals surface area contributed by atoms with E-state index in [0.29, 0.717) is 6.10 Å². The molecule has 0 heterocycles. The highest BCUT2D eigenvalue weighted by Crippen LogP contribution is 2.33. The van der Waals surface area contributed by atoms with Crippen LogP contribution >= 0.6 is 11.6 Å². The van der Waals surface area contributed by atoms with Crippen LogP contribution in [0, 0.1) is 0 Å². The molecule has 2 unspecified atom stereocenters. The highest BCUT2D eigenvalue weighted by atomic mass is 35.5. The highest BCUT2D eigenvalue weighted by molar-refractivity contribution is 6.31. The van der Waals surface area contributed by atoms with Gasteiger partial charge in [0.15, 0.2) is 0 Å². The van der Waals surface area contributed by atoms with E-state index < -0.39 is 0 Å². The van der Waals surface area contributed by atoms with E-state index in [1.807, 2.05) is 24.3 Å². The van der Waals surface area contributed by atoms with Crippen molar-refractivity contribution >= 4 is 11.6 Å². The second-order valence-corrected chi connectivity index (χ2v) is 5.46. The van der Waals surface area contributed by atoms with E-state index in [2.05, 4.69) is 6.92 Å². The van der Waals surface area contributed by atoms with E-state index in [4.69, 9.17) is 22.1 Å². The van der Waals surface area contributed by atoms with Crippen molar-refractivity contribution in [2.24, 2.45) is 5.73 Å². The molecular formula is C15H22ClNO. The van der Waals surface area contributed by atoms with Crippen molar-refractivity contribution in [3.05, 3.63) is 34.9 Å². The number of ether oxygens (including phenoxy) is 1. The lowest BCUT2D eigenvalue weighted by atomic mass is 10.0. The Morgan fingerprint density at radius 1 is 1.33 bits per heavy atom. The first-order valence-electron chi connectivity index (χ1n) is 6.87. The average molecular weight is 268 g/mol. The second-order valence-electron chi connectivity index (χ2n) is 5.06. The Balaban J connectivity index is 2.16. The summed E-state index contributed by atoms with van der Waals surface area (Å²) in [5, 5.41) is 0.754. The van der Waals surface area contributed by atoms with Gasteiger partial charge in [-0.2, -0.15) is 0 Å². The molecule has 3 heteroatoms. The van der Waals surface area contributed by atoms with Gasteiger partial charge in [0.1, 0.15) is 0 Å². The second kappa shape index (κ2) is 6.55. The molecule has 0 aromatic heterocycles. The number of halogens is 1. The number of nitrogens with two attached hydrogens (primary N) is 1. The summed E-state index contributed by atoms with van der Waals surface area (Å²) in [5.41, 5.74) is 7.24. The first kappa shape index (κ1) is 13.9. The number of benzene rings is 1. The van der Waals surface area contributed by atoms with Gasteiger partial charge in [-0.05, 0) is 25.3 Å². The quantitative estimate of drug-likeness (QED) is 0.873. The number of hydrogen-bond acceptors (Lipinski definition) is 2. The van der Waals surface area contributed by atoms with Gasteiger partial charge in [0.25, 0.3) is 0 Å². The van der Waals surface area contributed by atoms with E-state index in [1.165, 1.54) is 12.8 Å². The molecule has 0 saturated heterocycles. The molecule has 1 saturated carbocycles. The van der Waals surface area contributed by atoms with Crippen LogP contribution in [-0.2, 0) is 4.74 Å². The summed E-state index contributed by atoms with van der Waals surface area (Å²) in [4.78, 5) is 0. The smallest absolute Gasteiger partial charge is 0.0993 e. The van der Waals surface area contributed by atoms with Gasteiger partial charge in [-0.15, -0.1) is 0 Å². The van der Waals surface area contributed by atoms with Crippen molar-refractivity contribution < 1.29 is 4.74 Å². The first-order chi connectivity index (χ1) is 8.72. The molecule has 1 fully saturated rings. The Kier molecular flexibility index (Phi) is 5.04. The first-order valence-corrected chi connectivity index (χ1v) is 7.25. The molecule has 0 aliphatic heterocycles. The van der Waals surface area contributed by atoms with Gasteiger partial charge in [-0.1, -0.05) is 49.6 Å². The van der Waals surface area contributed by atoms with Crippen LogP contribution in [0.4, 0.5) is 0 Å². The molecule has 0 bridgehead atoms. The third-order valence-electron chi connectivity index (χ3n) is 3.71. The van der Waals surface area contributed by atoms with E-state index in [9.17, 15) is 0 Å². The molecule has 1 aliphatic carbocycles. The Morgan fingerprint density at radius 2 is 2.00 bits per heavy atom. The maximum absolute atomic E-state index is 6.27.